The summed E-state index contributed by atoms with van der Waals surface area (Å²) < 4.78 is 5.31. The first-order chi connectivity index (χ1) is 7.70. The van der Waals surface area contributed by atoms with Crippen LogP contribution in [0.2, 0.25) is 0 Å². The summed E-state index contributed by atoms with van der Waals surface area (Å²) in [4.78, 5) is 11.1. The lowest BCUT2D eigenvalue weighted by molar-refractivity contribution is -0.119. The molecule has 1 fully saturated rings. The van der Waals surface area contributed by atoms with Crippen LogP contribution in [0.15, 0.2) is 18.2 Å². The molecule has 0 aromatic heterocycles. The normalized spacial score (nSPS) is 19.6. The van der Waals surface area contributed by atoms with Gasteiger partial charge in [-0.15, -0.1) is 0 Å². The first-order valence-corrected chi connectivity index (χ1v) is 5.43. The summed E-state index contributed by atoms with van der Waals surface area (Å²) in [6.45, 7) is 3.04. The Bertz CT molecular complexity index is 403. The van der Waals surface area contributed by atoms with Gasteiger partial charge in [0.2, 0.25) is 5.91 Å². The third-order valence-electron chi connectivity index (χ3n) is 2.73. The second-order valence-electron chi connectivity index (χ2n) is 3.87. The summed E-state index contributed by atoms with van der Waals surface area (Å²) in [5, 5.41) is 12.3. The minimum atomic E-state index is 0.0797. The molecule has 0 radical (unpaired) electrons. The number of phenols is 1. The number of hydrogen-bond acceptors (Lipinski definition) is 3. The number of carbonyl (C=O) groups excluding carboxylic acids is 1. The van der Waals surface area contributed by atoms with Crippen LogP contribution < -0.4 is 10.1 Å². The minimum Gasteiger partial charge on any atom is -0.504 e. The zero-order valence-electron chi connectivity index (χ0n) is 9.19. The molecule has 0 bridgehead atoms. The van der Waals surface area contributed by atoms with Gasteiger partial charge in [-0.05, 0) is 24.6 Å². The minimum absolute atomic E-state index is 0.0797. The molecule has 2 N–H and O–H groups in total. The maximum atomic E-state index is 11.1. The molecule has 0 spiro atoms. The Morgan fingerprint density at radius 1 is 1.56 bits per heavy atom. The molecule has 1 aromatic rings. The molecule has 86 valence electrons. The average molecular weight is 221 g/mol. The highest BCUT2D eigenvalue weighted by atomic mass is 16.5. The highest BCUT2D eigenvalue weighted by Gasteiger charge is 2.23. The van der Waals surface area contributed by atoms with E-state index in [1.54, 1.807) is 6.07 Å². The summed E-state index contributed by atoms with van der Waals surface area (Å²) in [5.41, 5.74) is 1.03. The van der Waals surface area contributed by atoms with E-state index in [1.807, 2.05) is 19.1 Å². The van der Waals surface area contributed by atoms with E-state index in [0.717, 1.165) is 5.56 Å². The number of hydrogen-bond donors (Lipinski definition) is 2. The summed E-state index contributed by atoms with van der Waals surface area (Å²) in [7, 11) is 0. The zero-order chi connectivity index (χ0) is 11.5. The van der Waals surface area contributed by atoms with E-state index in [9.17, 15) is 9.90 Å². The van der Waals surface area contributed by atoms with E-state index in [2.05, 4.69) is 5.32 Å². The van der Waals surface area contributed by atoms with E-state index in [1.165, 1.54) is 0 Å². The number of ether oxygens (including phenoxy) is 1. The van der Waals surface area contributed by atoms with E-state index in [4.69, 9.17) is 4.74 Å². The fraction of sp³-hybridized carbons (Fsp3) is 0.417. The molecule has 4 nitrogen and oxygen atoms in total. The maximum Gasteiger partial charge on any atom is 0.220 e. The predicted octanol–water partition coefficient (Wildman–Crippen LogP) is 1.39. The smallest absolute Gasteiger partial charge is 0.220 e. The Balaban J connectivity index is 2.21. The van der Waals surface area contributed by atoms with Crippen molar-refractivity contribution in [3.63, 3.8) is 0 Å². The Kier molecular flexibility index (Phi) is 2.99. The van der Waals surface area contributed by atoms with Crippen LogP contribution in [0.4, 0.5) is 0 Å². The molecular formula is C12H15NO3. The van der Waals surface area contributed by atoms with E-state index < -0.39 is 0 Å². The number of rotatable bonds is 3. The first kappa shape index (κ1) is 10.8. The van der Waals surface area contributed by atoms with Gasteiger partial charge >= 0.3 is 0 Å². The van der Waals surface area contributed by atoms with Gasteiger partial charge in [0, 0.05) is 18.9 Å². The molecule has 1 atom stereocenters. The molecule has 1 aliphatic rings. The number of benzene rings is 1. The van der Waals surface area contributed by atoms with Crippen molar-refractivity contribution in [3.05, 3.63) is 23.8 Å². The van der Waals surface area contributed by atoms with Crippen LogP contribution in [-0.2, 0) is 4.79 Å². The monoisotopic (exact) mass is 221 g/mol. The summed E-state index contributed by atoms with van der Waals surface area (Å²) >= 11 is 0. The van der Waals surface area contributed by atoms with Gasteiger partial charge in [-0.25, -0.2) is 0 Å². The molecule has 1 amide bonds. The fourth-order valence-electron chi connectivity index (χ4n) is 1.90. The second-order valence-corrected chi connectivity index (χ2v) is 3.87. The molecule has 1 aromatic carbocycles. The van der Waals surface area contributed by atoms with Crippen molar-refractivity contribution >= 4 is 5.91 Å². The van der Waals surface area contributed by atoms with Crippen LogP contribution in [0.5, 0.6) is 11.5 Å². The topological polar surface area (TPSA) is 58.6 Å². The Morgan fingerprint density at radius 3 is 3.00 bits per heavy atom. The fourth-order valence-corrected chi connectivity index (χ4v) is 1.90. The molecule has 1 aliphatic heterocycles. The first-order valence-electron chi connectivity index (χ1n) is 5.43. The Hall–Kier alpha value is -1.71. The number of nitrogens with one attached hydrogen (secondary N) is 1. The van der Waals surface area contributed by atoms with Crippen molar-refractivity contribution < 1.29 is 14.6 Å². The van der Waals surface area contributed by atoms with Crippen molar-refractivity contribution in [2.45, 2.75) is 19.3 Å². The van der Waals surface area contributed by atoms with Crippen LogP contribution in [-0.4, -0.2) is 24.2 Å². The number of amides is 1. The molecule has 2 rings (SSSR count). The molecular weight excluding hydrogens is 206 g/mol. The van der Waals surface area contributed by atoms with Crippen molar-refractivity contribution in [1.29, 1.82) is 0 Å². The van der Waals surface area contributed by atoms with Crippen molar-refractivity contribution in [2.24, 2.45) is 0 Å². The van der Waals surface area contributed by atoms with Gasteiger partial charge in [-0.1, -0.05) is 6.07 Å². The summed E-state index contributed by atoms with van der Waals surface area (Å²) in [6.07, 6.45) is 0.510. The van der Waals surface area contributed by atoms with Crippen molar-refractivity contribution in [1.82, 2.24) is 5.32 Å². The summed E-state index contributed by atoms with van der Waals surface area (Å²) in [5.74, 6) is 0.894. The van der Waals surface area contributed by atoms with Gasteiger partial charge in [0.25, 0.3) is 0 Å². The van der Waals surface area contributed by atoms with Crippen molar-refractivity contribution in [2.75, 3.05) is 13.2 Å². The van der Waals surface area contributed by atoms with E-state index >= 15 is 0 Å². The van der Waals surface area contributed by atoms with Gasteiger partial charge < -0.3 is 15.2 Å². The van der Waals surface area contributed by atoms with Crippen LogP contribution in [0.3, 0.4) is 0 Å². The highest BCUT2D eigenvalue weighted by molar-refractivity contribution is 5.79. The van der Waals surface area contributed by atoms with Crippen molar-refractivity contribution in [3.8, 4) is 11.5 Å². The third kappa shape index (κ3) is 2.10. The lowest BCUT2D eigenvalue weighted by Gasteiger charge is -2.11. The zero-order valence-corrected chi connectivity index (χ0v) is 9.19. The Labute approximate surface area is 94.2 Å². The highest BCUT2D eigenvalue weighted by Crippen LogP contribution is 2.32. The number of carbonyl (C=O) groups is 1. The maximum absolute atomic E-state index is 11.1. The van der Waals surface area contributed by atoms with Gasteiger partial charge in [-0.3, -0.25) is 4.79 Å². The second kappa shape index (κ2) is 4.43. The molecule has 1 heterocycles. The summed E-state index contributed by atoms with van der Waals surface area (Å²) in [6, 6.07) is 5.26. The van der Waals surface area contributed by atoms with Gasteiger partial charge in [0.1, 0.15) is 0 Å². The SMILES string of the molecule is CCOc1cc(C2CNC(=O)C2)ccc1O. The lowest BCUT2D eigenvalue weighted by Crippen LogP contribution is -2.13. The molecule has 16 heavy (non-hydrogen) atoms. The largest absolute Gasteiger partial charge is 0.504 e. The number of aromatic hydroxyl groups is 1. The van der Waals surface area contributed by atoms with E-state index in [-0.39, 0.29) is 17.6 Å². The van der Waals surface area contributed by atoms with Gasteiger partial charge in [0.15, 0.2) is 11.5 Å². The quantitative estimate of drug-likeness (QED) is 0.811. The van der Waals surface area contributed by atoms with Crippen LogP contribution in [0, 0.1) is 0 Å². The predicted molar refractivity (Wildman–Crippen MR) is 59.6 cm³/mol. The molecule has 4 heteroatoms. The molecule has 0 saturated carbocycles. The van der Waals surface area contributed by atoms with Crippen LogP contribution in [0.25, 0.3) is 0 Å². The Morgan fingerprint density at radius 2 is 2.38 bits per heavy atom. The molecule has 1 saturated heterocycles. The third-order valence-corrected chi connectivity index (χ3v) is 2.73. The lowest BCUT2D eigenvalue weighted by atomic mass is 9.98. The van der Waals surface area contributed by atoms with Crippen LogP contribution in [0.1, 0.15) is 24.8 Å². The van der Waals surface area contributed by atoms with Gasteiger partial charge in [0.05, 0.1) is 6.61 Å². The molecule has 0 aliphatic carbocycles. The average Bonchev–Trinajstić information content (AvgIpc) is 2.69. The molecule has 1 unspecified atom stereocenters. The van der Waals surface area contributed by atoms with Gasteiger partial charge in [-0.2, -0.15) is 0 Å². The van der Waals surface area contributed by atoms with Crippen LogP contribution >= 0.6 is 0 Å². The number of phenolic OH excluding ortho intramolecular Hbond substituents is 1. The standard InChI is InChI=1S/C12H15NO3/c1-2-16-11-5-8(3-4-10(11)14)9-6-12(15)13-7-9/h3-5,9,14H,2,6-7H2,1H3,(H,13,15). The van der Waals surface area contributed by atoms with E-state index in [0.29, 0.717) is 25.3 Å².